The second kappa shape index (κ2) is 8.85. The molecular weight excluding hydrogens is 396 g/mol. The zero-order valence-electron chi connectivity index (χ0n) is 18.1. The number of nitrogens with zero attached hydrogens (tertiary/aromatic N) is 2. The van der Waals surface area contributed by atoms with Crippen LogP contribution in [0, 0.1) is 0 Å². The van der Waals surface area contributed by atoms with Crippen molar-refractivity contribution in [2.24, 2.45) is 0 Å². The molecule has 2 atom stereocenters. The van der Waals surface area contributed by atoms with Crippen LogP contribution in [0.15, 0.2) is 53.9 Å². The molecule has 0 saturated heterocycles. The van der Waals surface area contributed by atoms with E-state index in [2.05, 4.69) is 39.3 Å². The van der Waals surface area contributed by atoms with Crippen LogP contribution in [0.1, 0.15) is 37.2 Å². The molecule has 1 aromatic carbocycles. The number of fused-ring (bicyclic) bond motifs is 1. The minimum atomic E-state index is -0.599. The van der Waals surface area contributed by atoms with Crippen LogP contribution < -0.4 is 15.4 Å². The van der Waals surface area contributed by atoms with Crippen molar-refractivity contribution in [3.05, 3.63) is 65.1 Å². The fraction of sp³-hybridized carbons (Fsp3) is 0.391. The van der Waals surface area contributed by atoms with E-state index in [0.717, 1.165) is 18.7 Å². The minimum Gasteiger partial charge on any atom is -0.497 e. The first-order chi connectivity index (χ1) is 15.0. The first-order valence-corrected chi connectivity index (χ1v) is 10.5. The second-order valence-electron chi connectivity index (χ2n) is 7.69. The SMILES string of the molecule is CCOC(=O)C1=C(CN2CCn3cccc3C2C)NC(=O)NC1c1ccc(OC)cc1. The van der Waals surface area contributed by atoms with Crippen LogP contribution in [0.2, 0.25) is 0 Å². The number of aromatic nitrogens is 1. The molecule has 2 aliphatic heterocycles. The summed E-state index contributed by atoms with van der Waals surface area (Å²) < 4.78 is 12.8. The largest absolute Gasteiger partial charge is 0.497 e. The highest BCUT2D eigenvalue weighted by Crippen LogP contribution is 2.31. The summed E-state index contributed by atoms with van der Waals surface area (Å²) in [5, 5.41) is 5.75. The van der Waals surface area contributed by atoms with E-state index in [4.69, 9.17) is 9.47 Å². The Balaban J connectivity index is 1.70. The predicted octanol–water partition coefficient (Wildman–Crippen LogP) is 2.74. The van der Waals surface area contributed by atoms with Crippen molar-refractivity contribution in [1.82, 2.24) is 20.1 Å². The maximum Gasteiger partial charge on any atom is 0.338 e. The average molecular weight is 425 g/mol. The van der Waals surface area contributed by atoms with Gasteiger partial charge in [0.15, 0.2) is 0 Å². The molecule has 2 aliphatic rings. The third kappa shape index (κ3) is 4.16. The summed E-state index contributed by atoms with van der Waals surface area (Å²) >= 11 is 0. The Morgan fingerprint density at radius 2 is 1.97 bits per heavy atom. The van der Waals surface area contributed by atoms with Gasteiger partial charge in [-0.05, 0) is 43.7 Å². The fourth-order valence-electron chi connectivity index (χ4n) is 4.29. The smallest absolute Gasteiger partial charge is 0.338 e. The Labute approximate surface area is 181 Å². The number of rotatable bonds is 6. The second-order valence-corrected chi connectivity index (χ2v) is 7.69. The van der Waals surface area contributed by atoms with Crippen molar-refractivity contribution in [3.8, 4) is 5.75 Å². The number of urea groups is 1. The Bertz CT molecular complexity index is 995. The standard InChI is InChI=1S/C23H28N4O4/c1-4-31-22(28)20-18(14-27-13-12-26-11-5-6-19(26)15(27)2)24-23(29)25-21(20)16-7-9-17(30-3)10-8-16/h5-11,15,21H,4,12-14H2,1-3H3,(H2,24,25,29). The summed E-state index contributed by atoms with van der Waals surface area (Å²) in [6.45, 7) is 6.30. The number of nitrogens with one attached hydrogen (secondary N) is 2. The van der Waals surface area contributed by atoms with Gasteiger partial charge in [0.05, 0.1) is 25.3 Å². The van der Waals surface area contributed by atoms with E-state index in [1.807, 2.05) is 30.3 Å². The first-order valence-electron chi connectivity index (χ1n) is 10.5. The zero-order chi connectivity index (χ0) is 22.0. The molecule has 0 bridgehead atoms. The van der Waals surface area contributed by atoms with E-state index in [9.17, 15) is 9.59 Å². The summed E-state index contributed by atoms with van der Waals surface area (Å²) in [5.41, 5.74) is 3.02. The molecule has 8 heteroatoms. The number of methoxy groups -OCH3 is 1. The molecule has 0 radical (unpaired) electrons. The van der Waals surface area contributed by atoms with Gasteiger partial charge in [0.2, 0.25) is 0 Å². The molecule has 1 aromatic heterocycles. The third-order valence-electron chi connectivity index (χ3n) is 5.93. The van der Waals surface area contributed by atoms with Gasteiger partial charge in [0.1, 0.15) is 5.75 Å². The van der Waals surface area contributed by atoms with E-state index in [0.29, 0.717) is 23.6 Å². The van der Waals surface area contributed by atoms with Gasteiger partial charge in [-0.25, -0.2) is 9.59 Å². The van der Waals surface area contributed by atoms with Crippen molar-refractivity contribution in [1.29, 1.82) is 0 Å². The van der Waals surface area contributed by atoms with E-state index < -0.39 is 12.0 Å². The molecule has 0 spiro atoms. The molecule has 2 aromatic rings. The van der Waals surface area contributed by atoms with Crippen LogP contribution in [0.3, 0.4) is 0 Å². The van der Waals surface area contributed by atoms with Crippen LogP contribution >= 0.6 is 0 Å². The Kier molecular flexibility index (Phi) is 5.99. The molecular formula is C23H28N4O4. The van der Waals surface area contributed by atoms with E-state index in [1.165, 1.54) is 5.69 Å². The van der Waals surface area contributed by atoms with E-state index in [1.54, 1.807) is 14.0 Å². The number of hydrogen-bond donors (Lipinski definition) is 2. The monoisotopic (exact) mass is 424 g/mol. The lowest BCUT2D eigenvalue weighted by molar-refractivity contribution is -0.139. The number of ether oxygens (including phenoxy) is 2. The lowest BCUT2D eigenvalue weighted by atomic mass is 9.94. The van der Waals surface area contributed by atoms with Gasteiger partial charge in [-0.3, -0.25) is 4.90 Å². The highest BCUT2D eigenvalue weighted by molar-refractivity contribution is 5.95. The molecule has 8 nitrogen and oxygen atoms in total. The quantitative estimate of drug-likeness (QED) is 0.697. The van der Waals surface area contributed by atoms with Gasteiger partial charge >= 0.3 is 12.0 Å². The predicted molar refractivity (Wildman–Crippen MR) is 115 cm³/mol. The average Bonchev–Trinajstić information content (AvgIpc) is 3.25. The fourth-order valence-corrected chi connectivity index (χ4v) is 4.29. The summed E-state index contributed by atoms with van der Waals surface area (Å²) in [7, 11) is 1.60. The van der Waals surface area contributed by atoms with Crippen LogP contribution in [0.5, 0.6) is 5.75 Å². The van der Waals surface area contributed by atoms with Gasteiger partial charge in [-0.2, -0.15) is 0 Å². The molecule has 2 unspecified atom stereocenters. The highest BCUT2D eigenvalue weighted by Gasteiger charge is 2.35. The molecule has 31 heavy (non-hydrogen) atoms. The maximum absolute atomic E-state index is 13.0. The molecule has 0 fully saturated rings. The first kappa shape index (κ1) is 21.0. The number of esters is 1. The lowest BCUT2D eigenvalue weighted by Crippen LogP contribution is -2.49. The zero-order valence-corrected chi connectivity index (χ0v) is 18.1. The van der Waals surface area contributed by atoms with Crippen LogP contribution in [0.25, 0.3) is 0 Å². The Morgan fingerprint density at radius 3 is 2.68 bits per heavy atom. The molecule has 3 heterocycles. The highest BCUT2D eigenvalue weighted by atomic mass is 16.5. The van der Waals surface area contributed by atoms with Gasteiger partial charge in [-0.1, -0.05) is 12.1 Å². The summed E-state index contributed by atoms with van der Waals surface area (Å²) in [6, 6.07) is 10.7. The van der Waals surface area contributed by atoms with Crippen molar-refractivity contribution < 1.29 is 19.1 Å². The van der Waals surface area contributed by atoms with Crippen LogP contribution in [0.4, 0.5) is 4.79 Å². The topological polar surface area (TPSA) is 84.8 Å². The van der Waals surface area contributed by atoms with E-state index in [-0.39, 0.29) is 18.7 Å². The van der Waals surface area contributed by atoms with E-state index >= 15 is 0 Å². The third-order valence-corrected chi connectivity index (χ3v) is 5.93. The summed E-state index contributed by atoms with van der Waals surface area (Å²) in [5.74, 6) is 0.273. The molecule has 2 amide bonds. The molecule has 0 aliphatic carbocycles. The molecule has 164 valence electrons. The van der Waals surface area contributed by atoms with Crippen molar-refractivity contribution in [2.45, 2.75) is 32.5 Å². The Morgan fingerprint density at radius 1 is 1.19 bits per heavy atom. The summed E-state index contributed by atoms with van der Waals surface area (Å²) in [6.07, 6.45) is 2.08. The number of carbonyl (C=O) groups is 2. The maximum atomic E-state index is 13.0. The number of hydrogen-bond acceptors (Lipinski definition) is 5. The minimum absolute atomic E-state index is 0.158. The normalized spacial score (nSPS) is 21.2. The van der Waals surface area contributed by atoms with Crippen LogP contribution in [-0.4, -0.2) is 48.3 Å². The molecule has 0 saturated carbocycles. The molecule has 4 rings (SSSR count). The van der Waals surface area contributed by atoms with Gasteiger partial charge < -0.3 is 24.7 Å². The van der Waals surface area contributed by atoms with Gasteiger partial charge in [0, 0.05) is 43.3 Å². The number of benzene rings is 1. The van der Waals surface area contributed by atoms with Crippen molar-refractivity contribution >= 4 is 12.0 Å². The summed E-state index contributed by atoms with van der Waals surface area (Å²) in [4.78, 5) is 27.8. The van der Waals surface area contributed by atoms with Crippen LogP contribution in [-0.2, 0) is 16.1 Å². The van der Waals surface area contributed by atoms with Gasteiger partial charge in [0.25, 0.3) is 0 Å². The van der Waals surface area contributed by atoms with Gasteiger partial charge in [-0.15, -0.1) is 0 Å². The van der Waals surface area contributed by atoms with Crippen molar-refractivity contribution in [3.63, 3.8) is 0 Å². The lowest BCUT2D eigenvalue weighted by Gasteiger charge is -2.37. The van der Waals surface area contributed by atoms with Crippen molar-refractivity contribution in [2.75, 3.05) is 26.8 Å². The number of carbonyl (C=O) groups excluding carboxylic acids is 2. The molecule has 2 N–H and O–H groups in total. The number of amides is 2. The Hall–Kier alpha value is -3.26.